The zero-order valence-electron chi connectivity index (χ0n) is 18.7. The smallest absolute Gasteiger partial charge is 0.243 e. The molecule has 0 fully saturated rings. The van der Waals surface area contributed by atoms with Gasteiger partial charge in [-0.2, -0.15) is 4.31 Å². The Labute approximate surface area is 199 Å². The van der Waals surface area contributed by atoms with Crippen molar-refractivity contribution < 1.29 is 8.42 Å². The molecule has 0 atom stereocenters. The van der Waals surface area contributed by atoms with E-state index < -0.39 is 10.0 Å². The number of sulfonamides is 1. The Morgan fingerprint density at radius 2 is 1.74 bits per heavy atom. The summed E-state index contributed by atoms with van der Waals surface area (Å²) in [5.74, 6) is 0.870. The zero-order valence-corrected chi connectivity index (χ0v) is 19.5. The topological polar surface area (TPSA) is 95.1 Å². The largest absolute Gasteiger partial charge is 0.348 e. The maximum atomic E-state index is 13.3. The van der Waals surface area contributed by atoms with E-state index in [1.165, 1.54) is 4.31 Å². The average Bonchev–Trinajstić information content (AvgIpc) is 3.38. The second-order valence-corrected chi connectivity index (χ2v) is 10.3. The Kier molecular flexibility index (Phi) is 6.48. The fraction of sp³-hybridized carbons (Fsp3) is 0.240. The van der Waals surface area contributed by atoms with Gasteiger partial charge in [0.05, 0.1) is 29.4 Å². The number of hydrogen-bond acceptors (Lipinski definition) is 6. The van der Waals surface area contributed by atoms with Crippen LogP contribution in [0.3, 0.4) is 0 Å². The van der Waals surface area contributed by atoms with Crippen LogP contribution in [0.5, 0.6) is 0 Å². The van der Waals surface area contributed by atoms with Gasteiger partial charge in [-0.05, 0) is 47.9 Å². The van der Waals surface area contributed by atoms with E-state index in [1.807, 2.05) is 48.7 Å². The van der Waals surface area contributed by atoms with E-state index in [-0.39, 0.29) is 0 Å². The first-order valence-corrected chi connectivity index (χ1v) is 12.6. The predicted molar refractivity (Wildman–Crippen MR) is 128 cm³/mol. The summed E-state index contributed by atoms with van der Waals surface area (Å²) < 4.78 is 28.0. The molecule has 1 aromatic carbocycles. The molecule has 4 heterocycles. The highest BCUT2D eigenvalue weighted by molar-refractivity contribution is 7.89. The highest BCUT2D eigenvalue weighted by Gasteiger charge is 2.28. The number of imidazole rings is 1. The summed E-state index contributed by atoms with van der Waals surface area (Å²) in [6.07, 6.45) is 7.72. The molecule has 1 aliphatic heterocycles. The first-order chi connectivity index (χ1) is 16.6. The minimum absolute atomic E-state index is 0.304. The van der Waals surface area contributed by atoms with Gasteiger partial charge in [0, 0.05) is 44.4 Å². The number of nitrogens with zero attached hydrogens (tertiary/aromatic N) is 5. The van der Waals surface area contributed by atoms with Crippen LogP contribution in [-0.2, 0) is 42.6 Å². The van der Waals surface area contributed by atoms with Gasteiger partial charge in [0.15, 0.2) is 0 Å². The molecule has 0 saturated heterocycles. The second kappa shape index (κ2) is 9.84. The molecule has 34 heavy (non-hydrogen) atoms. The number of aromatic amines is 1. The van der Waals surface area contributed by atoms with Gasteiger partial charge in [-0.25, -0.2) is 13.4 Å². The Hall–Kier alpha value is -3.40. The summed E-state index contributed by atoms with van der Waals surface area (Å²) in [7, 11) is -3.58. The van der Waals surface area contributed by atoms with Crippen LogP contribution in [0.4, 0.5) is 0 Å². The third-order valence-corrected chi connectivity index (χ3v) is 7.81. The van der Waals surface area contributed by atoms with Crippen LogP contribution < -0.4 is 0 Å². The normalized spacial score (nSPS) is 14.3. The monoisotopic (exact) mass is 474 g/mol. The molecule has 0 aliphatic carbocycles. The fourth-order valence-corrected chi connectivity index (χ4v) is 5.60. The first kappa shape index (κ1) is 22.4. The molecular weight excluding hydrogens is 448 g/mol. The Balaban J connectivity index is 1.31. The van der Waals surface area contributed by atoms with E-state index in [9.17, 15) is 8.42 Å². The van der Waals surface area contributed by atoms with E-state index in [0.717, 1.165) is 28.3 Å². The van der Waals surface area contributed by atoms with Crippen molar-refractivity contribution in [2.45, 2.75) is 37.5 Å². The lowest BCUT2D eigenvalue weighted by Gasteiger charge is -2.27. The van der Waals surface area contributed by atoms with Gasteiger partial charge in [-0.3, -0.25) is 14.9 Å². The van der Waals surface area contributed by atoms with Gasteiger partial charge in [0.25, 0.3) is 0 Å². The summed E-state index contributed by atoms with van der Waals surface area (Å²) in [6, 6.07) is 16.9. The lowest BCUT2D eigenvalue weighted by molar-refractivity contribution is 0.239. The molecule has 0 unspecified atom stereocenters. The number of H-pyrrole nitrogens is 1. The molecule has 1 N–H and O–H groups in total. The van der Waals surface area contributed by atoms with Crippen molar-refractivity contribution in [3.8, 4) is 0 Å². The second-order valence-electron chi connectivity index (χ2n) is 8.34. The number of fused-ring (bicyclic) bond motifs is 1. The molecule has 3 aromatic heterocycles. The molecule has 1 aliphatic rings. The SMILES string of the molecule is O=S(=O)(c1ccc(CN(Cc2ccccn2)Cc2ncc[nH]2)cc1)N1CCc2cccnc2C1. The molecule has 9 heteroatoms. The van der Waals surface area contributed by atoms with Gasteiger partial charge in [0.2, 0.25) is 10.0 Å². The Bertz CT molecular complexity index is 1330. The van der Waals surface area contributed by atoms with Crippen LogP contribution in [0.15, 0.2) is 84.3 Å². The van der Waals surface area contributed by atoms with Crippen molar-refractivity contribution in [1.29, 1.82) is 0 Å². The molecule has 174 valence electrons. The molecule has 5 rings (SSSR count). The lowest BCUT2D eigenvalue weighted by atomic mass is 10.1. The molecule has 0 amide bonds. The van der Waals surface area contributed by atoms with Gasteiger partial charge in [-0.15, -0.1) is 0 Å². The summed E-state index contributed by atoms with van der Waals surface area (Å²) in [4.78, 5) is 18.8. The minimum Gasteiger partial charge on any atom is -0.348 e. The highest BCUT2D eigenvalue weighted by Crippen LogP contribution is 2.24. The van der Waals surface area contributed by atoms with Gasteiger partial charge >= 0.3 is 0 Å². The van der Waals surface area contributed by atoms with Crippen LogP contribution in [0.2, 0.25) is 0 Å². The van der Waals surface area contributed by atoms with E-state index in [1.54, 1.807) is 30.7 Å². The molecule has 0 saturated carbocycles. The van der Waals surface area contributed by atoms with Crippen molar-refractivity contribution in [1.82, 2.24) is 29.1 Å². The molecule has 4 aromatic rings. The van der Waals surface area contributed by atoms with Gasteiger partial charge in [-0.1, -0.05) is 24.3 Å². The quantitative estimate of drug-likeness (QED) is 0.422. The van der Waals surface area contributed by atoms with Gasteiger partial charge < -0.3 is 4.98 Å². The fourth-order valence-electron chi connectivity index (χ4n) is 4.20. The van der Waals surface area contributed by atoms with Crippen molar-refractivity contribution in [2.24, 2.45) is 0 Å². The number of hydrogen-bond donors (Lipinski definition) is 1. The molecule has 8 nitrogen and oxygen atoms in total. The third kappa shape index (κ3) is 5.06. The highest BCUT2D eigenvalue weighted by atomic mass is 32.2. The summed E-state index contributed by atoms with van der Waals surface area (Å²) >= 11 is 0. The maximum absolute atomic E-state index is 13.3. The van der Waals surface area contributed by atoms with Crippen molar-refractivity contribution >= 4 is 10.0 Å². The molecule has 0 spiro atoms. The van der Waals surface area contributed by atoms with E-state index in [4.69, 9.17) is 0 Å². The molecule has 0 radical (unpaired) electrons. The summed E-state index contributed by atoms with van der Waals surface area (Å²) in [5, 5.41) is 0. The van der Waals surface area contributed by atoms with E-state index in [2.05, 4.69) is 24.8 Å². The standard InChI is InChI=1S/C25H26N6O2S/c32-34(33,31-15-10-21-4-3-12-27-24(21)18-31)23-8-6-20(7-9-23)16-30(19-25-28-13-14-29-25)17-22-5-1-2-11-26-22/h1-9,11-14H,10,15-19H2,(H,28,29). The minimum atomic E-state index is -3.58. The van der Waals surface area contributed by atoms with Crippen LogP contribution in [0, 0.1) is 0 Å². The molecule has 0 bridgehead atoms. The number of nitrogens with one attached hydrogen (secondary N) is 1. The third-order valence-electron chi connectivity index (χ3n) is 5.95. The number of rotatable bonds is 8. The average molecular weight is 475 g/mol. The number of aromatic nitrogens is 4. The summed E-state index contributed by atoms with van der Waals surface area (Å²) in [5.41, 5.74) is 3.94. The zero-order chi connectivity index (χ0) is 23.4. The Morgan fingerprint density at radius 3 is 2.50 bits per heavy atom. The van der Waals surface area contributed by atoms with Crippen LogP contribution in [0.25, 0.3) is 0 Å². The Morgan fingerprint density at radius 1 is 0.882 bits per heavy atom. The van der Waals surface area contributed by atoms with E-state index in [0.29, 0.717) is 44.0 Å². The number of pyridine rings is 2. The van der Waals surface area contributed by atoms with Crippen LogP contribution >= 0.6 is 0 Å². The lowest BCUT2D eigenvalue weighted by Crippen LogP contribution is -2.36. The molecular formula is C25H26N6O2S. The van der Waals surface area contributed by atoms with E-state index >= 15 is 0 Å². The van der Waals surface area contributed by atoms with Gasteiger partial charge in [0.1, 0.15) is 5.82 Å². The summed E-state index contributed by atoms with van der Waals surface area (Å²) in [6.45, 7) is 2.69. The van der Waals surface area contributed by atoms with Crippen LogP contribution in [-0.4, -0.2) is 44.1 Å². The van der Waals surface area contributed by atoms with Crippen LogP contribution in [0.1, 0.15) is 28.3 Å². The number of benzene rings is 1. The first-order valence-electron chi connectivity index (χ1n) is 11.2. The van der Waals surface area contributed by atoms with Crippen molar-refractivity contribution in [3.63, 3.8) is 0 Å². The predicted octanol–water partition coefficient (Wildman–Crippen LogP) is 3.15. The van der Waals surface area contributed by atoms with Crippen molar-refractivity contribution in [3.05, 3.63) is 108 Å². The van der Waals surface area contributed by atoms with Crippen molar-refractivity contribution in [2.75, 3.05) is 6.54 Å². The maximum Gasteiger partial charge on any atom is 0.243 e.